The van der Waals surface area contributed by atoms with Crippen LogP contribution in [0, 0.1) is 0 Å². The molecule has 0 aliphatic carbocycles. The zero-order valence-electron chi connectivity index (χ0n) is 9.15. The quantitative estimate of drug-likeness (QED) is 0.781. The maximum Gasteiger partial charge on any atom is 0.240 e. The van der Waals surface area contributed by atoms with Gasteiger partial charge in [0, 0.05) is 12.2 Å². The Morgan fingerprint density at radius 2 is 2.06 bits per heavy atom. The molecule has 86 valence electrons. The van der Waals surface area contributed by atoms with Crippen LogP contribution in [0.4, 0.5) is 5.69 Å². The molecule has 1 atom stereocenters. The van der Waals surface area contributed by atoms with Gasteiger partial charge in [0.25, 0.3) is 0 Å². The van der Waals surface area contributed by atoms with E-state index in [-0.39, 0.29) is 10.7 Å². The third-order valence-electron chi connectivity index (χ3n) is 2.76. The Hall–Kier alpha value is -1.03. The molecular formula is C12H14BrNO2. The summed E-state index contributed by atoms with van der Waals surface area (Å²) in [7, 11) is 1.63. The van der Waals surface area contributed by atoms with Gasteiger partial charge in [-0.1, -0.05) is 15.9 Å². The third kappa shape index (κ3) is 2.21. The van der Waals surface area contributed by atoms with Crippen LogP contribution in [0.25, 0.3) is 0 Å². The average molecular weight is 284 g/mol. The topological polar surface area (TPSA) is 29.5 Å². The summed E-state index contributed by atoms with van der Waals surface area (Å²) in [6, 6.07) is 7.59. The zero-order valence-corrected chi connectivity index (χ0v) is 10.7. The molecule has 4 heteroatoms. The van der Waals surface area contributed by atoms with Crippen LogP contribution >= 0.6 is 15.9 Å². The molecule has 1 unspecified atom stereocenters. The molecule has 1 aromatic rings. The van der Waals surface area contributed by atoms with E-state index in [4.69, 9.17) is 4.74 Å². The molecule has 0 N–H and O–H groups in total. The summed E-state index contributed by atoms with van der Waals surface area (Å²) in [5.74, 6) is 0.958. The Morgan fingerprint density at radius 1 is 1.38 bits per heavy atom. The van der Waals surface area contributed by atoms with E-state index in [9.17, 15) is 4.79 Å². The highest BCUT2D eigenvalue weighted by Gasteiger charge is 2.27. The number of amides is 1. The van der Waals surface area contributed by atoms with Crippen molar-refractivity contribution in [2.24, 2.45) is 0 Å². The number of hydrogen-bond acceptors (Lipinski definition) is 2. The molecule has 16 heavy (non-hydrogen) atoms. The second-order valence-corrected chi connectivity index (χ2v) is 4.90. The summed E-state index contributed by atoms with van der Waals surface area (Å²) in [5, 5.41) is 0. The largest absolute Gasteiger partial charge is 0.497 e. The van der Waals surface area contributed by atoms with Gasteiger partial charge in [0.15, 0.2) is 0 Å². The van der Waals surface area contributed by atoms with Crippen molar-refractivity contribution in [2.75, 3.05) is 18.6 Å². The molecule has 1 amide bonds. The lowest BCUT2D eigenvalue weighted by Gasteiger charge is -2.29. The second kappa shape index (κ2) is 4.87. The fraction of sp³-hybridized carbons (Fsp3) is 0.417. The van der Waals surface area contributed by atoms with Gasteiger partial charge in [0.1, 0.15) is 5.75 Å². The molecule has 0 aromatic heterocycles. The van der Waals surface area contributed by atoms with E-state index < -0.39 is 0 Å². The van der Waals surface area contributed by atoms with Crippen LogP contribution in [-0.2, 0) is 4.79 Å². The maximum absolute atomic E-state index is 11.9. The number of alkyl halides is 1. The number of halogens is 1. The first kappa shape index (κ1) is 11.5. The molecule has 3 nitrogen and oxygen atoms in total. The number of rotatable bonds is 2. The van der Waals surface area contributed by atoms with Crippen molar-refractivity contribution in [1.82, 2.24) is 0 Å². The predicted molar refractivity (Wildman–Crippen MR) is 67.3 cm³/mol. The van der Waals surface area contributed by atoms with Gasteiger partial charge >= 0.3 is 0 Å². The zero-order chi connectivity index (χ0) is 11.5. The standard InChI is InChI=1S/C12H14BrNO2/c1-16-10-6-4-9(5-7-10)14-8-2-3-11(13)12(14)15/h4-7,11H,2-3,8H2,1H3. The molecule has 1 fully saturated rings. The van der Waals surface area contributed by atoms with Gasteiger partial charge in [-0.25, -0.2) is 0 Å². The van der Waals surface area contributed by atoms with E-state index in [1.54, 1.807) is 7.11 Å². The van der Waals surface area contributed by atoms with E-state index in [2.05, 4.69) is 15.9 Å². The van der Waals surface area contributed by atoms with Crippen LogP contribution in [-0.4, -0.2) is 24.4 Å². The summed E-state index contributed by atoms with van der Waals surface area (Å²) in [6.07, 6.45) is 1.96. The Bertz CT molecular complexity index is 377. The Morgan fingerprint density at radius 3 is 2.69 bits per heavy atom. The number of nitrogens with zero attached hydrogens (tertiary/aromatic N) is 1. The van der Waals surface area contributed by atoms with Gasteiger partial charge in [0.05, 0.1) is 11.9 Å². The first-order valence-electron chi connectivity index (χ1n) is 5.32. The molecule has 1 aromatic carbocycles. The van der Waals surface area contributed by atoms with E-state index in [0.717, 1.165) is 30.8 Å². The third-order valence-corrected chi connectivity index (χ3v) is 3.61. The number of benzene rings is 1. The van der Waals surface area contributed by atoms with Crippen molar-refractivity contribution in [1.29, 1.82) is 0 Å². The average Bonchev–Trinajstić information content (AvgIpc) is 2.33. The van der Waals surface area contributed by atoms with Crippen LogP contribution in [0.2, 0.25) is 0 Å². The highest BCUT2D eigenvalue weighted by Crippen LogP contribution is 2.26. The lowest BCUT2D eigenvalue weighted by molar-refractivity contribution is -0.118. The van der Waals surface area contributed by atoms with Crippen molar-refractivity contribution in [3.05, 3.63) is 24.3 Å². The fourth-order valence-electron chi connectivity index (χ4n) is 1.85. The minimum Gasteiger partial charge on any atom is -0.497 e. The van der Waals surface area contributed by atoms with Crippen molar-refractivity contribution in [2.45, 2.75) is 17.7 Å². The monoisotopic (exact) mass is 283 g/mol. The van der Waals surface area contributed by atoms with Gasteiger partial charge in [-0.3, -0.25) is 4.79 Å². The van der Waals surface area contributed by atoms with E-state index in [1.165, 1.54) is 0 Å². The van der Waals surface area contributed by atoms with Gasteiger partial charge in [-0.15, -0.1) is 0 Å². The van der Waals surface area contributed by atoms with Crippen molar-refractivity contribution < 1.29 is 9.53 Å². The molecule has 0 bridgehead atoms. The first-order valence-corrected chi connectivity index (χ1v) is 6.23. The number of carbonyl (C=O) groups is 1. The van der Waals surface area contributed by atoms with Crippen molar-refractivity contribution in [3.8, 4) is 5.75 Å². The molecule has 1 saturated heterocycles. The molecule has 1 aliphatic heterocycles. The molecule has 0 saturated carbocycles. The minimum absolute atomic E-state index is 0.0386. The number of anilines is 1. The van der Waals surface area contributed by atoms with E-state index >= 15 is 0 Å². The van der Waals surface area contributed by atoms with Crippen molar-refractivity contribution >= 4 is 27.5 Å². The maximum atomic E-state index is 11.9. The molecule has 2 rings (SSSR count). The molecule has 0 spiro atoms. The van der Waals surface area contributed by atoms with Gasteiger partial charge in [-0.05, 0) is 37.1 Å². The summed E-state index contributed by atoms with van der Waals surface area (Å²) >= 11 is 3.40. The molecular weight excluding hydrogens is 270 g/mol. The first-order chi connectivity index (χ1) is 7.72. The Balaban J connectivity index is 2.19. The summed E-state index contributed by atoms with van der Waals surface area (Å²) in [4.78, 5) is 13.7. The second-order valence-electron chi connectivity index (χ2n) is 3.80. The van der Waals surface area contributed by atoms with Crippen LogP contribution in [0.1, 0.15) is 12.8 Å². The van der Waals surface area contributed by atoms with Gasteiger partial charge < -0.3 is 9.64 Å². The fourth-order valence-corrected chi connectivity index (χ4v) is 2.42. The molecule has 1 aliphatic rings. The Labute approximate surface area is 104 Å². The number of hydrogen-bond donors (Lipinski definition) is 0. The van der Waals surface area contributed by atoms with Crippen molar-refractivity contribution in [3.63, 3.8) is 0 Å². The highest BCUT2D eigenvalue weighted by atomic mass is 79.9. The van der Waals surface area contributed by atoms with E-state index in [0.29, 0.717) is 0 Å². The number of carbonyl (C=O) groups excluding carboxylic acids is 1. The summed E-state index contributed by atoms with van der Waals surface area (Å²) in [6.45, 7) is 0.799. The molecule has 1 heterocycles. The van der Waals surface area contributed by atoms with Gasteiger partial charge in [0.2, 0.25) is 5.91 Å². The lowest BCUT2D eigenvalue weighted by atomic mass is 10.1. The normalized spacial score (nSPS) is 21.0. The van der Waals surface area contributed by atoms with E-state index in [1.807, 2.05) is 29.2 Å². The minimum atomic E-state index is -0.0386. The van der Waals surface area contributed by atoms with Gasteiger partial charge in [-0.2, -0.15) is 0 Å². The predicted octanol–water partition coefficient (Wildman–Crippen LogP) is 2.59. The summed E-state index contributed by atoms with van der Waals surface area (Å²) < 4.78 is 5.09. The van der Waals surface area contributed by atoms with Crippen LogP contribution < -0.4 is 9.64 Å². The Kier molecular flexibility index (Phi) is 3.49. The lowest BCUT2D eigenvalue weighted by Crippen LogP contribution is -2.41. The summed E-state index contributed by atoms with van der Waals surface area (Å²) in [5.41, 5.74) is 0.940. The number of ether oxygens (including phenoxy) is 1. The van der Waals surface area contributed by atoms with Crippen LogP contribution in [0.15, 0.2) is 24.3 Å². The van der Waals surface area contributed by atoms with Crippen LogP contribution in [0.3, 0.4) is 0 Å². The number of methoxy groups -OCH3 is 1. The molecule has 0 radical (unpaired) electrons. The SMILES string of the molecule is COc1ccc(N2CCCC(Br)C2=O)cc1. The smallest absolute Gasteiger partial charge is 0.240 e. The van der Waals surface area contributed by atoms with Crippen LogP contribution in [0.5, 0.6) is 5.75 Å². The number of piperidine rings is 1. The highest BCUT2D eigenvalue weighted by molar-refractivity contribution is 9.10.